The van der Waals surface area contributed by atoms with Crippen LogP contribution in [-0.2, 0) is 6.42 Å². The van der Waals surface area contributed by atoms with E-state index in [1.165, 1.54) is 4.68 Å². The second-order valence-corrected chi connectivity index (χ2v) is 5.30. The number of aromatic nitrogens is 2. The Hall–Kier alpha value is -2.33. The molecule has 1 unspecified atom stereocenters. The van der Waals surface area contributed by atoms with Crippen molar-refractivity contribution in [2.75, 3.05) is 0 Å². The number of aliphatic hydroxyl groups excluding tert-OH is 1. The average Bonchev–Trinajstić information content (AvgIpc) is 2.73. The monoisotopic (exact) mass is 266 g/mol. The third kappa shape index (κ3) is 1.37. The van der Waals surface area contributed by atoms with Gasteiger partial charge in [0.25, 0.3) is 5.56 Å². The molecule has 0 amide bonds. The molecule has 1 N–H and O–H groups in total. The molecule has 1 aliphatic heterocycles. The Bertz CT molecular complexity index is 889. The van der Waals surface area contributed by atoms with Crippen molar-refractivity contribution in [3.8, 4) is 5.69 Å². The highest BCUT2D eigenvalue weighted by Gasteiger charge is 2.26. The van der Waals surface area contributed by atoms with Gasteiger partial charge >= 0.3 is 0 Å². The van der Waals surface area contributed by atoms with Crippen LogP contribution in [0.5, 0.6) is 0 Å². The minimum Gasteiger partial charge on any atom is -0.371 e. The molecule has 20 heavy (non-hydrogen) atoms. The SMILES string of the molecule is Cc1ccc2c(c1)c(=O)n1n2-c2ccccc2CC1O. The second-order valence-electron chi connectivity index (χ2n) is 5.30. The Kier molecular flexibility index (Phi) is 2.20. The van der Waals surface area contributed by atoms with Crippen molar-refractivity contribution in [3.63, 3.8) is 0 Å². The van der Waals surface area contributed by atoms with Crippen LogP contribution in [0.2, 0.25) is 0 Å². The topological polar surface area (TPSA) is 47.2 Å². The van der Waals surface area contributed by atoms with E-state index in [0.717, 1.165) is 22.3 Å². The molecule has 100 valence electrons. The summed E-state index contributed by atoms with van der Waals surface area (Å²) in [5.74, 6) is 0. The molecule has 2 aromatic carbocycles. The highest BCUT2D eigenvalue weighted by molar-refractivity contribution is 5.81. The first-order chi connectivity index (χ1) is 9.66. The summed E-state index contributed by atoms with van der Waals surface area (Å²) in [5, 5.41) is 11.0. The molecule has 3 aromatic rings. The molecule has 4 nitrogen and oxygen atoms in total. The first kappa shape index (κ1) is 11.5. The lowest BCUT2D eigenvalue weighted by molar-refractivity contribution is 0.0749. The molecule has 0 saturated carbocycles. The molecule has 4 heteroatoms. The van der Waals surface area contributed by atoms with E-state index in [9.17, 15) is 9.90 Å². The molecule has 0 saturated heterocycles. The van der Waals surface area contributed by atoms with Crippen molar-refractivity contribution >= 4 is 10.9 Å². The van der Waals surface area contributed by atoms with Crippen molar-refractivity contribution in [1.29, 1.82) is 0 Å². The third-order valence-electron chi connectivity index (χ3n) is 3.94. The number of nitrogens with zero attached hydrogens (tertiary/aromatic N) is 2. The normalized spacial score (nSPS) is 17.0. The second kappa shape index (κ2) is 3.84. The average molecular weight is 266 g/mol. The molecule has 0 spiro atoms. The number of benzene rings is 2. The first-order valence-electron chi connectivity index (χ1n) is 6.67. The predicted molar refractivity (Wildman–Crippen MR) is 77.2 cm³/mol. The number of hydrogen-bond acceptors (Lipinski definition) is 2. The van der Waals surface area contributed by atoms with Gasteiger partial charge < -0.3 is 5.11 Å². The molecule has 1 atom stereocenters. The van der Waals surface area contributed by atoms with Gasteiger partial charge in [-0.3, -0.25) is 4.79 Å². The number of aliphatic hydroxyl groups is 1. The van der Waals surface area contributed by atoms with Crippen LogP contribution in [0, 0.1) is 6.92 Å². The number of hydrogen-bond donors (Lipinski definition) is 1. The molecule has 4 rings (SSSR count). The first-order valence-corrected chi connectivity index (χ1v) is 6.67. The fourth-order valence-corrected chi connectivity index (χ4v) is 3.02. The van der Waals surface area contributed by atoms with Gasteiger partial charge in [0.1, 0.15) is 0 Å². The summed E-state index contributed by atoms with van der Waals surface area (Å²) in [5.41, 5.74) is 3.77. The Labute approximate surface area is 115 Å². The van der Waals surface area contributed by atoms with Gasteiger partial charge in [0.2, 0.25) is 0 Å². The fraction of sp³-hybridized carbons (Fsp3) is 0.188. The Morgan fingerprint density at radius 2 is 2.00 bits per heavy atom. The number of para-hydroxylation sites is 1. The molecule has 1 aliphatic rings. The van der Waals surface area contributed by atoms with Crippen LogP contribution in [0.25, 0.3) is 16.6 Å². The van der Waals surface area contributed by atoms with Gasteiger partial charge in [0.05, 0.1) is 16.6 Å². The molecule has 0 radical (unpaired) electrons. The van der Waals surface area contributed by atoms with E-state index in [2.05, 4.69) is 0 Å². The summed E-state index contributed by atoms with van der Waals surface area (Å²) in [7, 11) is 0. The van der Waals surface area contributed by atoms with E-state index < -0.39 is 6.23 Å². The van der Waals surface area contributed by atoms with Gasteiger partial charge in [-0.1, -0.05) is 29.8 Å². The van der Waals surface area contributed by atoms with Crippen molar-refractivity contribution in [2.24, 2.45) is 0 Å². The summed E-state index contributed by atoms with van der Waals surface area (Å²) in [6.45, 7) is 1.96. The Morgan fingerprint density at radius 1 is 1.20 bits per heavy atom. The molecule has 2 heterocycles. The summed E-state index contributed by atoms with van der Waals surface area (Å²) < 4.78 is 3.28. The smallest absolute Gasteiger partial charge is 0.277 e. The Balaban J connectivity index is 2.21. The van der Waals surface area contributed by atoms with Gasteiger partial charge in [0, 0.05) is 6.42 Å². The quantitative estimate of drug-likeness (QED) is 0.677. The van der Waals surface area contributed by atoms with E-state index >= 15 is 0 Å². The van der Waals surface area contributed by atoms with Gasteiger partial charge in [-0.05, 0) is 30.7 Å². The maximum atomic E-state index is 12.5. The zero-order valence-corrected chi connectivity index (χ0v) is 11.1. The van der Waals surface area contributed by atoms with Crippen LogP contribution in [-0.4, -0.2) is 14.5 Å². The number of aryl methyl sites for hydroxylation is 1. The zero-order valence-electron chi connectivity index (χ0n) is 11.1. The van der Waals surface area contributed by atoms with E-state index in [0.29, 0.717) is 11.8 Å². The van der Waals surface area contributed by atoms with Gasteiger partial charge in [-0.15, -0.1) is 0 Å². The largest absolute Gasteiger partial charge is 0.371 e. The standard InChI is InChI=1S/C16H14N2O2/c1-10-6-7-14-12(8-10)16(20)18-15(19)9-11-4-2-3-5-13(11)17(14)18/h2-8,15,19H,9H2,1H3. The molecule has 0 bridgehead atoms. The van der Waals surface area contributed by atoms with Gasteiger partial charge in [-0.25, -0.2) is 9.36 Å². The highest BCUT2D eigenvalue weighted by atomic mass is 16.3. The third-order valence-corrected chi connectivity index (χ3v) is 3.94. The summed E-state index contributed by atoms with van der Waals surface area (Å²) in [4.78, 5) is 12.5. The molecule has 0 aliphatic carbocycles. The van der Waals surface area contributed by atoms with Crippen molar-refractivity contribution in [2.45, 2.75) is 19.6 Å². The minimum absolute atomic E-state index is 0.134. The number of rotatable bonds is 0. The maximum absolute atomic E-state index is 12.5. The molecule has 1 aromatic heterocycles. The van der Waals surface area contributed by atoms with E-state index in [1.54, 1.807) is 0 Å². The van der Waals surface area contributed by atoms with Gasteiger partial charge in [-0.2, -0.15) is 0 Å². The van der Waals surface area contributed by atoms with Crippen LogP contribution in [0.1, 0.15) is 17.4 Å². The Morgan fingerprint density at radius 3 is 2.85 bits per heavy atom. The van der Waals surface area contributed by atoms with Crippen molar-refractivity contribution in [3.05, 3.63) is 63.9 Å². The fourth-order valence-electron chi connectivity index (χ4n) is 3.02. The minimum atomic E-state index is -0.815. The lowest BCUT2D eigenvalue weighted by atomic mass is 10.1. The van der Waals surface area contributed by atoms with Crippen LogP contribution < -0.4 is 5.56 Å². The van der Waals surface area contributed by atoms with E-state index in [4.69, 9.17) is 0 Å². The van der Waals surface area contributed by atoms with Crippen molar-refractivity contribution in [1.82, 2.24) is 9.36 Å². The summed E-state index contributed by atoms with van der Waals surface area (Å²) in [6, 6.07) is 13.7. The highest BCUT2D eigenvalue weighted by Crippen LogP contribution is 2.29. The van der Waals surface area contributed by atoms with Crippen LogP contribution in [0.15, 0.2) is 47.3 Å². The lowest BCUT2D eigenvalue weighted by Gasteiger charge is -2.25. The van der Waals surface area contributed by atoms with Gasteiger partial charge in [0.15, 0.2) is 6.23 Å². The summed E-state index contributed by atoms with van der Waals surface area (Å²) >= 11 is 0. The maximum Gasteiger partial charge on any atom is 0.277 e. The van der Waals surface area contributed by atoms with Crippen molar-refractivity contribution < 1.29 is 5.11 Å². The van der Waals surface area contributed by atoms with E-state index in [1.807, 2.05) is 54.1 Å². The predicted octanol–water partition coefficient (Wildman–Crippen LogP) is 2.15. The van der Waals surface area contributed by atoms with E-state index in [-0.39, 0.29) is 5.56 Å². The molecular weight excluding hydrogens is 252 g/mol. The van der Waals surface area contributed by atoms with Crippen LogP contribution >= 0.6 is 0 Å². The molecular formula is C16H14N2O2. The zero-order chi connectivity index (χ0) is 13.9. The lowest BCUT2D eigenvalue weighted by Crippen LogP contribution is -2.32. The number of fused-ring (bicyclic) bond motifs is 5. The summed E-state index contributed by atoms with van der Waals surface area (Å²) in [6.07, 6.45) is -0.351. The van der Waals surface area contributed by atoms with Crippen LogP contribution in [0.3, 0.4) is 0 Å². The molecule has 0 fully saturated rings. The van der Waals surface area contributed by atoms with Crippen LogP contribution in [0.4, 0.5) is 0 Å².